The number of ether oxygens (including phenoxy) is 1. The van der Waals surface area contributed by atoms with Crippen LogP contribution >= 0.6 is 23.2 Å². The molecule has 4 aromatic rings. The van der Waals surface area contributed by atoms with Gasteiger partial charge in [0.1, 0.15) is 11.8 Å². The van der Waals surface area contributed by atoms with Crippen LogP contribution in [0.2, 0.25) is 10.0 Å². The van der Waals surface area contributed by atoms with E-state index >= 15 is 0 Å². The molecule has 0 atom stereocenters. The Hall–Kier alpha value is -3.54. The molecule has 2 aromatic heterocycles. The molecule has 28 heavy (non-hydrogen) atoms. The second-order valence-corrected chi connectivity index (χ2v) is 6.51. The molecule has 4 rings (SSSR count). The summed E-state index contributed by atoms with van der Waals surface area (Å²) in [6, 6.07) is 11.7. The summed E-state index contributed by atoms with van der Waals surface area (Å²) in [7, 11) is 0. The quantitative estimate of drug-likeness (QED) is 0.533. The maximum absolute atomic E-state index is 12.0. The van der Waals surface area contributed by atoms with Gasteiger partial charge >= 0.3 is 5.69 Å². The summed E-state index contributed by atoms with van der Waals surface area (Å²) >= 11 is 12.6. The molecular formula is C18H9Cl2N5O3. The van der Waals surface area contributed by atoms with E-state index in [1.54, 1.807) is 12.1 Å². The predicted octanol–water partition coefficient (Wildman–Crippen LogP) is 3.37. The average molecular weight is 414 g/mol. The van der Waals surface area contributed by atoms with Crippen LogP contribution in [0.1, 0.15) is 5.69 Å². The van der Waals surface area contributed by atoms with Gasteiger partial charge in [0.05, 0.1) is 15.7 Å². The van der Waals surface area contributed by atoms with Gasteiger partial charge in [0.15, 0.2) is 5.75 Å². The van der Waals surface area contributed by atoms with Crippen LogP contribution in [-0.4, -0.2) is 19.7 Å². The zero-order valence-corrected chi connectivity index (χ0v) is 15.4. The molecule has 0 saturated heterocycles. The number of hydrogen-bond acceptors (Lipinski definition) is 5. The van der Waals surface area contributed by atoms with E-state index in [1.165, 1.54) is 12.1 Å². The summed E-state index contributed by atoms with van der Waals surface area (Å²) < 4.78 is 6.63. The van der Waals surface area contributed by atoms with Crippen LogP contribution in [0.5, 0.6) is 11.5 Å². The number of rotatable bonds is 3. The van der Waals surface area contributed by atoms with Crippen LogP contribution < -0.4 is 16.0 Å². The van der Waals surface area contributed by atoms with Crippen molar-refractivity contribution < 1.29 is 4.74 Å². The highest BCUT2D eigenvalue weighted by molar-refractivity contribution is 6.37. The van der Waals surface area contributed by atoms with Crippen molar-refractivity contribution >= 4 is 34.1 Å². The fourth-order valence-electron chi connectivity index (χ4n) is 2.63. The number of hydrogen-bond donors (Lipinski definition) is 2. The Bertz CT molecular complexity index is 1360. The van der Waals surface area contributed by atoms with Crippen LogP contribution in [0.15, 0.2) is 52.2 Å². The third-order valence-electron chi connectivity index (χ3n) is 3.91. The molecule has 0 radical (unpaired) electrons. The first-order chi connectivity index (χ1) is 13.5. The Morgan fingerprint density at radius 2 is 1.86 bits per heavy atom. The lowest BCUT2D eigenvalue weighted by atomic mass is 10.2. The van der Waals surface area contributed by atoms with E-state index in [1.807, 2.05) is 29.4 Å². The van der Waals surface area contributed by atoms with Crippen LogP contribution in [0.4, 0.5) is 0 Å². The lowest BCUT2D eigenvalue weighted by molar-refractivity contribution is 0.483. The van der Waals surface area contributed by atoms with Crippen molar-refractivity contribution in [2.24, 2.45) is 0 Å². The van der Waals surface area contributed by atoms with E-state index in [4.69, 9.17) is 33.2 Å². The number of benzene rings is 2. The number of nitrogens with zero attached hydrogens (tertiary/aromatic N) is 3. The molecule has 0 saturated carbocycles. The first-order valence-corrected chi connectivity index (χ1v) is 8.60. The minimum absolute atomic E-state index is 0.120. The van der Waals surface area contributed by atoms with Gasteiger partial charge in [-0.3, -0.25) is 9.78 Å². The normalized spacial score (nSPS) is 10.8. The van der Waals surface area contributed by atoms with Crippen LogP contribution in [-0.2, 0) is 0 Å². The van der Waals surface area contributed by atoms with Crippen molar-refractivity contribution in [2.75, 3.05) is 0 Å². The smallest absolute Gasteiger partial charge is 0.349 e. The largest absolute Gasteiger partial charge is 0.454 e. The van der Waals surface area contributed by atoms with E-state index in [9.17, 15) is 9.59 Å². The van der Waals surface area contributed by atoms with E-state index in [0.717, 1.165) is 15.6 Å². The van der Waals surface area contributed by atoms with Crippen molar-refractivity contribution in [1.82, 2.24) is 19.7 Å². The number of nitrogens with one attached hydrogen (secondary N) is 2. The Morgan fingerprint density at radius 3 is 2.57 bits per heavy atom. The van der Waals surface area contributed by atoms with Crippen molar-refractivity contribution in [3.05, 3.63) is 79.2 Å². The van der Waals surface area contributed by atoms with Crippen molar-refractivity contribution in [3.8, 4) is 23.3 Å². The van der Waals surface area contributed by atoms with Gasteiger partial charge in [0, 0.05) is 17.1 Å². The number of aromatic nitrogens is 4. The molecule has 8 nitrogen and oxygen atoms in total. The second-order valence-electron chi connectivity index (χ2n) is 5.70. The number of aromatic amines is 2. The molecule has 0 fully saturated rings. The van der Waals surface area contributed by atoms with Crippen LogP contribution in [0, 0.1) is 11.3 Å². The molecule has 0 bridgehead atoms. The van der Waals surface area contributed by atoms with E-state index in [0.29, 0.717) is 5.75 Å². The summed E-state index contributed by atoms with van der Waals surface area (Å²) in [5, 5.41) is 13.9. The predicted molar refractivity (Wildman–Crippen MR) is 104 cm³/mol. The first kappa shape index (κ1) is 17.9. The van der Waals surface area contributed by atoms with Gasteiger partial charge in [-0.25, -0.2) is 4.79 Å². The van der Waals surface area contributed by atoms with Crippen molar-refractivity contribution in [2.45, 2.75) is 0 Å². The molecule has 0 aliphatic rings. The minimum atomic E-state index is -0.874. The molecule has 2 N–H and O–H groups in total. The summed E-state index contributed by atoms with van der Waals surface area (Å²) in [6.45, 7) is 0. The SMILES string of the molecule is N#Cc1nn(-c2cc(Cl)c(Oc3ccc4[nH]ccc4c3)c(Cl)c2)c(=O)[nH]c1=O. The van der Waals surface area contributed by atoms with Gasteiger partial charge in [-0.2, -0.15) is 9.94 Å². The highest BCUT2D eigenvalue weighted by Gasteiger charge is 2.15. The van der Waals surface area contributed by atoms with Crippen molar-refractivity contribution in [3.63, 3.8) is 0 Å². The Balaban J connectivity index is 1.76. The first-order valence-electron chi connectivity index (χ1n) is 7.84. The number of fused-ring (bicyclic) bond motifs is 1. The number of halogens is 2. The molecule has 10 heteroatoms. The summed E-state index contributed by atoms with van der Waals surface area (Å²) in [4.78, 5) is 28.6. The second kappa shape index (κ2) is 6.88. The fraction of sp³-hybridized carbons (Fsp3) is 0. The monoisotopic (exact) mass is 413 g/mol. The average Bonchev–Trinajstić information content (AvgIpc) is 3.12. The van der Waals surface area contributed by atoms with Crippen LogP contribution in [0.25, 0.3) is 16.6 Å². The molecule has 0 aliphatic carbocycles. The molecule has 138 valence electrons. The molecule has 0 aliphatic heterocycles. The minimum Gasteiger partial charge on any atom is -0.454 e. The Kier molecular flexibility index (Phi) is 4.39. The van der Waals surface area contributed by atoms with Gasteiger partial charge in [0.2, 0.25) is 5.69 Å². The topological polar surface area (TPSA) is 117 Å². The maximum atomic E-state index is 12.0. The van der Waals surface area contributed by atoms with E-state index < -0.39 is 16.9 Å². The zero-order chi connectivity index (χ0) is 19.8. The molecular weight excluding hydrogens is 405 g/mol. The highest BCUT2D eigenvalue weighted by Crippen LogP contribution is 2.38. The third kappa shape index (κ3) is 3.13. The van der Waals surface area contributed by atoms with Crippen molar-refractivity contribution in [1.29, 1.82) is 5.26 Å². The molecule has 0 amide bonds. The molecule has 0 spiro atoms. The lowest BCUT2D eigenvalue weighted by Crippen LogP contribution is -2.33. The van der Waals surface area contributed by atoms with Gasteiger partial charge in [-0.1, -0.05) is 23.2 Å². The van der Waals surface area contributed by atoms with Gasteiger partial charge in [-0.15, -0.1) is 5.10 Å². The van der Waals surface area contributed by atoms with Crippen LogP contribution in [0.3, 0.4) is 0 Å². The molecule has 2 aromatic carbocycles. The fourth-order valence-corrected chi connectivity index (χ4v) is 3.18. The maximum Gasteiger partial charge on any atom is 0.349 e. The Labute approximate surface area is 166 Å². The summed E-state index contributed by atoms with van der Waals surface area (Å²) in [5.41, 5.74) is -1.05. The molecule has 2 heterocycles. The lowest BCUT2D eigenvalue weighted by Gasteiger charge is -2.12. The number of nitriles is 1. The van der Waals surface area contributed by atoms with E-state index in [-0.39, 0.29) is 21.5 Å². The highest BCUT2D eigenvalue weighted by atomic mass is 35.5. The van der Waals surface area contributed by atoms with Gasteiger partial charge < -0.3 is 9.72 Å². The van der Waals surface area contributed by atoms with E-state index in [2.05, 4.69) is 10.1 Å². The zero-order valence-electron chi connectivity index (χ0n) is 13.9. The van der Waals surface area contributed by atoms with Gasteiger partial charge in [0.25, 0.3) is 5.56 Å². The number of H-pyrrole nitrogens is 2. The summed E-state index contributed by atoms with van der Waals surface area (Å²) in [6.07, 6.45) is 1.81. The Morgan fingerprint density at radius 1 is 1.11 bits per heavy atom. The standard InChI is InChI=1S/C18H9Cl2N5O3/c19-12-6-10(25-18(27)23-17(26)15(8-21)24-25)7-13(20)16(12)28-11-1-2-14-9(5-11)3-4-22-14/h1-7,22H,(H,23,26,27). The van der Waals surface area contributed by atoms with Gasteiger partial charge in [-0.05, 0) is 36.4 Å². The third-order valence-corrected chi connectivity index (χ3v) is 4.47. The summed E-state index contributed by atoms with van der Waals surface area (Å²) in [5.74, 6) is 0.717. The molecule has 0 unspecified atom stereocenters.